The first-order chi connectivity index (χ1) is 7.20. The monoisotopic (exact) mass is 502 g/mol. The topological polar surface area (TPSA) is 20.2 Å². The van der Waals surface area contributed by atoms with Gasteiger partial charge in [-0.1, -0.05) is 0 Å². The molecule has 0 fully saturated rings. The normalized spacial score (nSPS) is 8.53. The molecule has 5 heteroatoms. The van der Waals surface area contributed by atoms with Crippen LogP contribution in [0.3, 0.4) is 0 Å². The Bertz CT molecular complexity index is 274. The molecule has 1 nitrogen and oxygen atoms in total. The third-order valence-corrected chi connectivity index (χ3v) is 3.38. The van der Waals surface area contributed by atoms with Crippen LogP contribution < -0.4 is 0 Å². The van der Waals surface area contributed by atoms with Gasteiger partial charge in [-0.2, -0.15) is 0 Å². The van der Waals surface area contributed by atoms with E-state index in [4.69, 9.17) is 4.89 Å². The second kappa shape index (κ2) is 12.9. The van der Waals surface area contributed by atoms with Gasteiger partial charge in [-0.25, -0.2) is 0 Å². The molecule has 0 heterocycles. The van der Waals surface area contributed by atoms with Gasteiger partial charge in [-0.3, -0.25) is 0 Å². The quantitative estimate of drug-likeness (QED) is 0.375. The summed E-state index contributed by atoms with van der Waals surface area (Å²) in [5.41, 5.74) is 8.73. The van der Waals surface area contributed by atoms with Crippen LogP contribution in [-0.2, 0) is 19.5 Å². The predicted octanol–water partition coefficient (Wildman–Crippen LogP) is 5.33. The fourth-order valence-electron chi connectivity index (χ4n) is 1.69. The molecule has 1 aromatic rings. The van der Waals surface area contributed by atoms with Gasteiger partial charge in [0.1, 0.15) is 0 Å². The predicted molar refractivity (Wildman–Crippen MR) is 96.5 cm³/mol. The molecule has 0 atom stereocenters. The SMILES string of the molecule is Br.Br.CP(C)O.Cc1c(C)c(C)c(C)c(C)c1C.[Ru]. The van der Waals surface area contributed by atoms with E-state index in [1.54, 1.807) is 13.3 Å². The minimum atomic E-state index is -0.620. The molecule has 1 aromatic carbocycles. The summed E-state index contributed by atoms with van der Waals surface area (Å²) in [7, 11) is -0.620. The van der Waals surface area contributed by atoms with Crippen molar-refractivity contribution < 1.29 is 24.4 Å². The van der Waals surface area contributed by atoms with Crippen LogP contribution in [0, 0.1) is 41.5 Å². The molecule has 0 saturated carbocycles. The van der Waals surface area contributed by atoms with Crippen molar-refractivity contribution in [1.82, 2.24) is 0 Å². The van der Waals surface area contributed by atoms with E-state index in [1.807, 2.05) is 0 Å². The Morgan fingerprint density at radius 2 is 0.632 bits per heavy atom. The molecule has 19 heavy (non-hydrogen) atoms. The first kappa shape index (κ1) is 28.4. The summed E-state index contributed by atoms with van der Waals surface area (Å²) >= 11 is 0. The Hall–Kier alpha value is 1.19. The van der Waals surface area contributed by atoms with Crippen molar-refractivity contribution in [2.75, 3.05) is 13.3 Å². The molecule has 0 radical (unpaired) electrons. The van der Waals surface area contributed by atoms with Gasteiger partial charge in [0, 0.05) is 27.6 Å². The zero-order chi connectivity index (χ0) is 13.0. The standard InChI is InChI=1S/C12H18.C2H7OP.2BrH.Ru/c1-7-8(2)10(4)12(6)11(5)9(7)3;1-4(2)3;;;/h1-6H3;3H,1-2H3;2*1H;. The van der Waals surface area contributed by atoms with E-state index < -0.39 is 8.15 Å². The van der Waals surface area contributed by atoms with Gasteiger partial charge in [0.25, 0.3) is 0 Å². The fraction of sp³-hybridized carbons (Fsp3) is 0.571. The Morgan fingerprint density at radius 1 is 0.579 bits per heavy atom. The van der Waals surface area contributed by atoms with Crippen molar-refractivity contribution >= 4 is 42.1 Å². The van der Waals surface area contributed by atoms with Gasteiger partial charge < -0.3 is 4.89 Å². The van der Waals surface area contributed by atoms with E-state index >= 15 is 0 Å². The smallest absolute Gasteiger partial charge is 0.0187 e. The Morgan fingerprint density at radius 3 is 0.684 bits per heavy atom. The second-order valence-corrected chi connectivity index (χ2v) is 6.29. The second-order valence-electron chi connectivity index (χ2n) is 4.60. The number of hydrogen-bond acceptors (Lipinski definition) is 1. The van der Waals surface area contributed by atoms with Gasteiger partial charge >= 0.3 is 0 Å². The summed E-state index contributed by atoms with van der Waals surface area (Å²) in [5.74, 6) is 0. The molecule has 116 valence electrons. The maximum atomic E-state index is 8.12. The molecule has 1 rings (SSSR count). The first-order valence-electron chi connectivity index (χ1n) is 5.59. The van der Waals surface area contributed by atoms with E-state index in [1.165, 1.54) is 33.4 Å². The molecule has 0 saturated heterocycles. The summed E-state index contributed by atoms with van der Waals surface area (Å²) in [6.07, 6.45) is 0. The summed E-state index contributed by atoms with van der Waals surface area (Å²) in [6, 6.07) is 0. The molecule has 0 bridgehead atoms. The average Bonchev–Trinajstić information content (AvgIpc) is 2.20. The minimum Gasteiger partial charge on any atom is -0.374 e. The van der Waals surface area contributed by atoms with E-state index in [9.17, 15) is 0 Å². The van der Waals surface area contributed by atoms with Crippen molar-refractivity contribution in [3.05, 3.63) is 33.4 Å². The van der Waals surface area contributed by atoms with Crippen LogP contribution in [0.5, 0.6) is 0 Å². The van der Waals surface area contributed by atoms with Crippen molar-refractivity contribution in [2.45, 2.75) is 41.5 Å². The summed E-state index contributed by atoms with van der Waals surface area (Å²) in [6.45, 7) is 16.8. The Kier molecular flexibility index (Phi) is 19.3. The molecule has 0 amide bonds. The first-order valence-corrected chi connectivity index (χ1v) is 7.78. The van der Waals surface area contributed by atoms with Crippen molar-refractivity contribution in [3.8, 4) is 0 Å². The molecule has 0 aliphatic carbocycles. The third kappa shape index (κ3) is 8.94. The third-order valence-electron chi connectivity index (χ3n) is 3.38. The zero-order valence-corrected chi connectivity index (χ0v) is 19.1. The van der Waals surface area contributed by atoms with Crippen LogP contribution in [0.1, 0.15) is 33.4 Å². The van der Waals surface area contributed by atoms with Gasteiger partial charge in [0.2, 0.25) is 0 Å². The van der Waals surface area contributed by atoms with Crippen molar-refractivity contribution in [1.29, 1.82) is 0 Å². The zero-order valence-electron chi connectivity index (χ0n) is 13.1. The van der Waals surface area contributed by atoms with Crippen LogP contribution in [0.4, 0.5) is 0 Å². The van der Waals surface area contributed by atoms with Gasteiger partial charge in [-0.15, -0.1) is 34.0 Å². The molecular formula is C14H27Br2OPRu. The fourth-order valence-corrected chi connectivity index (χ4v) is 1.69. The average molecular weight is 503 g/mol. The van der Waals surface area contributed by atoms with Gasteiger partial charge in [-0.05, 0) is 88.3 Å². The summed E-state index contributed by atoms with van der Waals surface area (Å²) in [5, 5.41) is 0. The molecular weight excluding hydrogens is 476 g/mol. The van der Waals surface area contributed by atoms with Crippen LogP contribution in [-0.4, -0.2) is 18.2 Å². The number of benzene rings is 1. The van der Waals surface area contributed by atoms with Crippen LogP contribution in [0.2, 0.25) is 0 Å². The number of halogens is 2. The van der Waals surface area contributed by atoms with Gasteiger partial charge in [0.15, 0.2) is 0 Å². The number of hydrogen-bond donors (Lipinski definition) is 1. The van der Waals surface area contributed by atoms with E-state index in [-0.39, 0.29) is 53.4 Å². The minimum absolute atomic E-state index is 0. The number of rotatable bonds is 0. The largest absolute Gasteiger partial charge is 0.374 e. The molecule has 0 aliphatic heterocycles. The van der Waals surface area contributed by atoms with Crippen LogP contribution in [0.15, 0.2) is 0 Å². The summed E-state index contributed by atoms with van der Waals surface area (Å²) in [4.78, 5) is 8.12. The van der Waals surface area contributed by atoms with E-state index in [2.05, 4.69) is 41.5 Å². The van der Waals surface area contributed by atoms with E-state index in [0.717, 1.165) is 0 Å². The molecule has 1 N–H and O–H groups in total. The van der Waals surface area contributed by atoms with Gasteiger partial charge in [0.05, 0.1) is 0 Å². The summed E-state index contributed by atoms with van der Waals surface area (Å²) < 4.78 is 0. The Labute approximate surface area is 154 Å². The molecule has 0 spiro atoms. The maximum Gasteiger partial charge on any atom is 0.0187 e. The molecule has 0 unspecified atom stereocenters. The van der Waals surface area contributed by atoms with Crippen molar-refractivity contribution in [2.24, 2.45) is 0 Å². The molecule has 0 aromatic heterocycles. The maximum absolute atomic E-state index is 8.12. The van der Waals surface area contributed by atoms with Crippen LogP contribution in [0.25, 0.3) is 0 Å². The molecule has 0 aliphatic rings. The Balaban J connectivity index is -0.000000144. The van der Waals surface area contributed by atoms with Crippen molar-refractivity contribution in [3.63, 3.8) is 0 Å². The van der Waals surface area contributed by atoms with Crippen LogP contribution >= 0.6 is 42.1 Å². The van der Waals surface area contributed by atoms with E-state index in [0.29, 0.717) is 0 Å².